The van der Waals surface area contributed by atoms with E-state index in [1.165, 1.54) is 9.58 Å². The van der Waals surface area contributed by atoms with Crippen LogP contribution in [0.4, 0.5) is 0 Å². The van der Waals surface area contributed by atoms with E-state index in [1.807, 2.05) is 0 Å². The Morgan fingerprint density at radius 1 is 1.69 bits per heavy atom. The minimum Gasteiger partial charge on any atom is -0.370 e. The summed E-state index contributed by atoms with van der Waals surface area (Å²) in [5, 5.41) is 13.6. The molecule has 0 radical (unpaired) electrons. The Morgan fingerprint density at radius 2 is 2.38 bits per heavy atom. The molecule has 1 aromatic heterocycles. The van der Waals surface area contributed by atoms with Crippen LogP contribution < -0.4 is 0 Å². The van der Waals surface area contributed by atoms with Crippen molar-refractivity contribution in [2.75, 3.05) is 13.6 Å². The van der Waals surface area contributed by atoms with Crippen molar-refractivity contribution in [3.63, 3.8) is 0 Å². The summed E-state index contributed by atoms with van der Waals surface area (Å²) in [7, 11) is 1.66. The normalized spacial score (nSPS) is 21.9. The number of rotatable bonds is 0. The van der Waals surface area contributed by atoms with Crippen LogP contribution in [-0.2, 0) is 0 Å². The Bertz CT molecular complexity index is 358. The molecule has 2 heterocycles. The van der Waals surface area contributed by atoms with Gasteiger partial charge >= 0.3 is 0 Å². The topological polar surface area (TPSA) is 58.4 Å². The lowest BCUT2D eigenvalue weighted by molar-refractivity contribution is 0.0258. The molecule has 70 valence electrons. The van der Waals surface area contributed by atoms with Gasteiger partial charge in [0.15, 0.2) is 6.23 Å². The molecule has 1 amide bonds. The number of aryl methyl sites for hydroxylation is 1. The zero-order chi connectivity index (χ0) is 9.59. The molecule has 0 aromatic carbocycles. The quantitative estimate of drug-likeness (QED) is 0.601. The Hall–Kier alpha value is -1.36. The van der Waals surface area contributed by atoms with Crippen LogP contribution >= 0.6 is 0 Å². The van der Waals surface area contributed by atoms with E-state index in [9.17, 15) is 9.90 Å². The van der Waals surface area contributed by atoms with Gasteiger partial charge in [0.1, 0.15) is 5.69 Å². The third-order valence-electron chi connectivity index (χ3n) is 2.14. The van der Waals surface area contributed by atoms with Crippen molar-refractivity contribution in [1.29, 1.82) is 0 Å². The predicted octanol–water partition coefficient (Wildman–Crippen LogP) is -0.232. The van der Waals surface area contributed by atoms with Crippen LogP contribution in [-0.4, -0.2) is 39.3 Å². The predicted molar refractivity (Wildman–Crippen MR) is 45.2 cm³/mol. The molecule has 1 unspecified atom stereocenters. The van der Waals surface area contributed by atoms with Crippen LogP contribution in [0.3, 0.4) is 0 Å². The maximum atomic E-state index is 11.5. The van der Waals surface area contributed by atoms with E-state index in [4.69, 9.17) is 0 Å². The summed E-state index contributed by atoms with van der Waals surface area (Å²) in [6, 6.07) is 1.68. The fourth-order valence-electron chi connectivity index (χ4n) is 1.50. The molecule has 1 aliphatic rings. The van der Waals surface area contributed by atoms with Crippen molar-refractivity contribution in [2.45, 2.75) is 13.2 Å². The number of likely N-dealkylation sites (N-methyl/N-ethyl adjacent to an activating group) is 1. The van der Waals surface area contributed by atoms with E-state index in [0.717, 1.165) is 5.69 Å². The molecule has 2 rings (SSSR count). The van der Waals surface area contributed by atoms with Gasteiger partial charge in [-0.3, -0.25) is 4.79 Å². The number of amides is 1. The molecule has 1 N–H and O–H groups in total. The first-order valence-electron chi connectivity index (χ1n) is 4.09. The number of hydrogen-bond donors (Lipinski definition) is 1. The average Bonchev–Trinajstić information content (AvgIpc) is 2.44. The first kappa shape index (κ1) is 8.25. The monoisotopic (exact) mass is 181 g/mol. The number of carbonyl (C=O) groups excluding carboxylic acids is 1. The lowest BCUT2D eigenvalue weighted by Gasteiger charge is -2.27. The highest BCUT2D eigenvalue weighted by atomic mass is 16.3. The standard InChI is InChI=1S/C8H11N3O2/c1-5-3-6-8(13)10(2)4-7(12)11(6)9-5/h3,7,12H,4H2,1-2H3. The van der Waals surface area contributed by atoms with Crippen molar-refractivity contribution in [3.05, 3.63) is 17.5 Å². The van der Waals surface area contributed by atoms with Crippen molar-refractivity contribution < 1.29 is 9.90 Å². The largest absolute Gasteiger partial charge is 0.370 e. The molecule has 5 heteroatoms. The van der Waals surface area contributed by atoms with Crippen molar-refractivity contribution in [1.82, 2.24) is 14.7 Å². The Balaban J connectivity index is 2.53. The summed E-state index contributed by atoms with van der Waals surface area (Å²) >= 11 is 0. The van der Waals surface area contributed by atoms with Crippen LogP contribution in [0.5, 0.6) is 0 Å². The van der Waals surface area contributed by atoms with Gasteiger partial charge in [0, 0.05) is 7.05 Å². The number of aromatic nitrogens is 2. The van der Waals surface area contributed by atoms with Crippen LogP contribution in [0.15, 0.2) is 6.07 Å². The molecule has 1 atom stereocenters. The van der Waals surface area contributed by atoms with E-state index >= 15 is 0 Å². The highest BCUT2D eigenvalue weighted by molar-refractivity contribution is 5.93. The van der Waals surface area contributed by atoms with Gasteiger partial charge in [-0.2, -0.15) is 5.10 Å². The van der Waals surface area contributed by atoms with Gasteiger partial charge < -0.3 is 10.0 Å². The number of hydrogen-bond acceptors (Lipinski definition) is 3. The number of carbonyl (C=O) groups is 1. The second-order valence-electron chi connectivity index (χ2n) is 3.28. The molecule has 1 aliphatic heterocycles. The van der Waals surface area contributed by atoms with Crippen LogP contribution in [0.1, 0.15) is 22.4 Å². The fraction of sp³-hybridized carbons (Fsp3) is 0.500. The van der Waals surface area contributed by atoms with Crippen molar-refractivity contribution in [3.8, 4) is 0 Å². The number of aliphatic hydroxyl groups is 1. The smallest absolute Gasteiger partial charge is 0.272 e. The SMILES string of the molecule is Cc1cc2n(n1)C(O)CN(C)C2=O. The average molecular weight is 181 g/mol. The number of nitrogens with zero attached hydrogens (tertiary/aromatic N) is 3. The van der Waals surface area contributed by atoms with Gasteiger partial charge in [-0.15, -0.1) is 0 Å². The van der Waals surface area contributed by atoms with Gasteiger partial charge in [-0.25, -0.2) is 4.68 Å². The van der Waals surface area contributed by atoms with E-state index in [-0.39, 0.29) is 5.91 Å². The van der Waals surface area contributed by atoms with E-state index in [0.29, 0.717) is 12.2 Å². The Labute approximate surface area is 75.6 Å². The van der Waals surface area contributed by atoms with Gasteiger partial charge in [0.25, 0.3) is 5.91 Å². The number of fused-ring (bicyclic) bond motifs is 1. The number of β-amino-alcohol motifs (C(OH)–C–C–N with tert-alkyl or cyclic N) is 1. The molecule has 0 aliphatic carbocycles. The Morgan fingerprint density at radius 3 is 3.08 bits per heavy atom. The van der Waals surface area contributed by atoms with E-state index in [2.05, 4.69) is 5.10 Å². The zero-order valence-electron chi connectivity index (χ0n) is 7.56. The molecule has 0 saturated carbocycles. The van der Waals surface area contributed by atoms with Gasteiger partial charge in [-0.1, -0.05) is 0 Å². The highest BCUT2D eigenvalue weighted by Crippen LogP contribution is 2.17. The second-order valence-corrected chi connectivity index (χ2v) is 3.28. The lowest BCUT2D eigenvalue weighted by atomic mass is 10.3. The zero-order valence-corrected chi connectivity index (χ0v) is 7.56. The Kier molecular flexibility index (Phi) is 1.63. The molecule has 5 nitrogen and oxygen atoms in total. The molecular formula is C8H11N3O2. The van der Waals surface area contributed by atoms with Gasteiger partial charge in [0.2, 0.25) is 0 Å². The molecular weight excluding hydrogens is 170 g/mol. The van der Waals surface area contributed by atoms with E-state index < -0.39 is 6.23 Å². The summed E-state index contributed by atoms with van der Waals surface area (Å²) < 4.78 is 1.37. The highest BCUT2D eigenvalue weighted by Gasteiger charge is 2.28. The summed E-state index contributed by atoms with van der Waals surface area (Å²) in [5.74, 6) is -0.0918. The second kappa shape index (κ2) is 2.56. The van der Waals surface area contributed by atoms with Crippen molar-refractivity contribution >= 4 is 5.91 Å². The molecule has 0 bridgehead atoms. The summed E-state index contributed by atoms with van der Waals surface area (Å²) in [5.41, 5.74) is 1.21. The maximum Gasteiger partial charge on any atom is 0.272 e. The third-order valence-corrected chi connectivity index (χ3v) is 2.14. The molecule has 0 spiro atoms. The lowest BCUT2D eigenvalue weighted by Crippen LogP contribution is -2.40. The van der Waals surface area contributed by atoms with Crippen molar-refractivity contribution in [2.24, 2.45) is 0 Å². The first-order chi connectivity index (χ1) is 6.09. The van der Waals surface area contributed by atoms with E-state index in [1.54, 1.807) is 20.0 Å². The maximum absolute atomic E-state index is 11.5. The molecule has 0 fully saturated rings. The fourth-order valence-corrected chi connectivity index (χ4v) is 1.50. The minimum absolute atomic E-state index is 0.0918. The third kappa shape index (κ3) is 1.12. The minimum atomic E-state index is -0.716. The van der Waals surface area contributed by atoms with Crippen LogP contribution in [0.25, 0.3) is 0 Å². The van der Waals surface area contributed by atoms with Crippen LogP contribution in [0, 0.1) is 6.92 Å². The molecule has 1 aromatic rings. The molecule has 0 saturated heterocycles. The first-order valence-corrected chi connectivity index (χ1v) is 4.09. The van der Waals surface area contributed by atoms with Crippen LogP contribution in [0.2, 0.25) is 0 Å². The number of aliphatic hydroxyl groups excluding tert-OH is 1. The summed E-state index contributed by atoms with van der Waals surface area (Å²) in [6.45, 7) is 2.10. The summed E-state index contributed by atoms with van der Waals surface area (Å²) in [4.78, 5) is 13.0. The van der Waals surface area contributed by atoms with Gasteiger partial charge in [0.05, 0.1) is 12.2 Å². The van der Waals surface area contributed by atoms with Gasteiger partial charge in [-0.05, 0) is 13.0 Å². The summed E-state index contributed by atoms with van der Waals surface area (Å²) in [6.07, 6.45) is -0.716. The molecule has 13 heavy (non-hydrogen) atoms.